The molecular weight excluding hydrogens is 236 g/mol. The monoisotopic (exact) mass is 254 g/mol. The minimum absolute atomic E-state index is 0.0475. The van der Waals surface area contributed by atoms with Gasteiger partial charge in [-0.05, 0) is 30.8 Å². The molecule has 0 amide bonds. The number of hydrogen-bond donors (Lipinski definition) is 3. The van der Waals surface area contributed by atoms with Crippen LogP contribution in [0.1, 0.15) is 5.56 Å². The summed E-state index contributed by atoms with van der Waals surface area (Å²) in [6, 6.07) is 7.95. The first kappa shape index (κ1) is 13.9. The number of anilines is 1. The van der Waals surface area contributed by atoms with Gasteiger partial charge in [0.15, 0.2) is 5.11 Å². The molecule has 17 heavy (non-hydrogen) atoms. The van der Waals surface area contributed by atoms with Crippen LogP contribution in [0.5, 0.6) is 0 Å². The molecule has 0 aromatic heterocycles. The molecule has 1 aromatic carbocycles. The van der Waals surface area contributed by atoms with Crippen molar-refractivity contribution < 1.29 is 9.84 Å². The highest BCUT2D eigenvalue weighted by molar-refractivity contribution is 7.80. The average Bonchev–Trinajstić information content (AvgIpc) is 2.32. The third-order valence-corrected chi connectivity index (χ3v) is 2.41. The van der Waals surface area contributed by atoms with E-state index in [9.17, 15) is 0 Å². The first-order chi connectivity index (χ1) is 8.24. The van der Waals surface area contributed by atoms with Crippen molar-refractivity contribution in [3.63, 3.8) is 0 Å². The average molecular weight is 254 g/mol. The topological polar surface area (TPSA) is 53.5 Å². The van der Waals surface area contributed by atoms with E-state index in [0.29, 0.717) is 24.9 Å². The zero-order valence-electron chi connectivity index (χ0n) is 9.90. The smallest absolute Gasteiger partial charge is 0.170 e. The highest BCUT2D eigenvalue weighted by atomic mass is 32.1. The molecule has 0 spiro atoms. The van der Waals surface area contributed by atoms with Crippen LogP contribution in [-0.4, -0.2) is 36.6 Å². The van der Waals surface area contributed by atoms with Gasteiger partial charge in [-0.2, -0.15) is 0 Å². The summed E-state index contributed by atoms with van der Waals surface area (Å²) < 4.78 is 5.11. The number of nitrogens with one attached hydrogen (secondary N) is 2. The maximum absolute atomic E-state index is 8.52. The summed E-state index contributed by atoms with van der Waals surface area (Å²) in [6.45, 7) is 3.58. The summed E-state index contributed by atoms with van der Waals surface area (Å²) >= 11 is 5.15. The van der Waals surface area contributed by atoms with Gasteiger partial charge in [0.1, 0.15) is 0 Å². The molecule has 94 valence electrons. The maximum Gasteiger partial charge on any atom is 0.170 e. The Labute approximate surface area is 107 Å². The van der Waals surface area contributed by atoms with Crippen LogP contribution < -0.4 is 10.6 Å². The Morgan fingerprint density at radius 2 is 2.12 bits per heavy atom. The maximum atomic E-state index is 8.52. The van der Waals surface area contributed by atoms with E-state index in [2.05, 4.69) is 10.6 Å². The lowest BCUT2D eigenvalue weighted by atomic mass is 10.2. The number of benzene rings is 1. The molecule has 0 saturated heterocycles. The van der Waals surface area contributed by atoms with Crippen LogP contribution in [0.4, 0.5) is 5.69 Å². The Morgan fingerprint density at radius 1 is 1.35 bits per heavy atom. The van der Waals surface area contributed by atoms with E-state index in [4.69, 9.17) is 22.1 Å². The summed E-state index contributed by atoms with van der Waals surface area (Å²) in [4.78, 5) is 0. The van der Waals surface area contributed by atoms with Gasteiger partial charge in [0, 0.05) is 12.2 Å². The summed E-state index contributed by atoms with van der Waals surface area (Å²) in [5.74, 6) is 0. The zero-order valence-corrected chi connectivity index (χ0v) is 10.7. The second-order valence-electron chi connectivity index (χ2n) is 3.53. The fraction of sp³-hybridized carbons (Fsp3) is 0.417. The Balaban J connectivity index is 2.23. The lowest BCUT2D eigenvalue weighted by Crippen LogP contribution is -2.31. The van der Waals surface area contributed by atoms with Gasteiger partial charge in [-0.1, -0.05) is 18.2 Å². The van der Waals surface area contributed by atoms with Gasteiger partial charge < -0.3 is 20.5 Å². The van der Waals surface area contributed by atoms with Crippen molar-refractivity contribution in [2.45, 2.75) is 6.92 Å². The largest absolute Gasteiger partial charge is 0.394 e. The van der Waals surface area contributed by atoms with Crippen LogP contribution in [0, 0.1) is 6.92 Å². The highest BCUT2D eigenvalue weighted by Gasteiger charge is 1.99. The number of hydrogen-bond acceptors (Lipinski definition) is 3. The van der Waals surface area contributed by atoms with E-state index >= 15 is 0 Å². The molecule has 0 fully saturated rings. The molecule has 3 N–H and O–H groups in total. The van der Waals surface area contributed by atoms with Crippen LogP contribution in [-0.2, 0) is 4.74 Å². The first-order valence-electron chi connectivity index (χ1n) is 5.53. The molecule has 0 aliphatic heterocycles. The number of rotatable bonds is 6. The van der Waals surface area contributed by atoms with Gasteiger partial charge in [0.25, 0.3) is 0 Å². The summed E-state index contributed by atoms with van der Waals surface area (Å²) in [7, 11) is 0. The third-order valence-electron chi connectivity index (χ3n) is 2.16. The third kappa shape index (κ3) is 5.63. The minimum Gasteiger partial charge on any atom is -0.394 e. The van der Waals surface area contributed by atoms with E-state index < -0.39 is 0 Å². The van der Waals surface area contributed by atoms with Gasteiger partial charge in [-0.15, -0.1) is 0 Å². The first-order valence-corrected chi connectivity index (χ1v) is 5.94. The van der Waals surface area contributed by atoms with Gasteiger partial charge in [0.05, 0.1) is 19.8 Å². The second-order valence-corrected chi connectivity index (χ2v) is 3.94. The standard InChI is InChI=1S/C12H18N2O2S/c1-10-4-2-3-5-11(10)14-12(17)13-6-8-16-9-7-15/h2-5,15H,6-9H2,1H3,(H2,13,14,17). The van der Waals surface area contributed by atoms with Gasteiger partial charge in [-0.3, -0.25) is 0 Å². The number of aliphatic hydroxyl groups is 1. The molecule has 0 heterocycles. The van der Waals surface area contributed by atoms with E-state index in [-0.39, 0.29) is 6.61 Å². The van der Waals surface area contributed by atoms with Crippen molar-refractivity contribution in [2.75, 3.05) is 31.7 Å². The quantitative estimate of drug-likeness (QED) is 0.527. The molecular formula is C12H18N2O2S. The van der Waals surface area contributed by atoms with Crippen LogP contribution in [0.3, 0.4) is 0 Å². The van der Waals surface area contributed by atoms with Gasteiger partial charge in [-0.25, -0.2) is 0 Å². The van der Waals surface area contributed by atoms with Crippen molar-refractivity contribution in [3.8, 4) is 0 Å². The Bertz CT molecular complexity index is 358. The summed E-state index contributed by atoms with van der Waals surface area (Å²) in [6.07, 6.45) is 0. The van der Waals surface area contributed by atoms with Crippen molar-refractivity contribution >= 4 is 23.0 Å². The van der Waals surface area contributed by atoms with Gasteiger partial charge in [0.2, 0.25) is 0 Å². The highest BCUT2D eigenvalue weighted by Crippen LogP contribution is 2.12. The number of ether oxygens (including phenoxy) is 1. The molecule has 0 bridgehead atoms. The molecule has 0 aliphatic carbocycles. The fourth-order valence-electron chi connectivity index (χ4n) is 1.28. The lowest BCUT2D eigenvalue weighted by molar-refractivity contribution is 0.0959. The molecule has 1 rings (SSSR count). The number of aryl methyl sites for hydroxylation is 1. The molecule has 0 unspecified atom stereocenters. The van der Waals surface area contributed by atoms with Crippen LogP contribution in [0.25, 0.3) is 0 Å². The molecule has 4 nitrogen and oxygen atoms in total. The Kier molecular flexibility index (Phi) is 6.54. The normalized spacial score (nSPS) is 10.0. The molecule has 5 heteroatoms. The number of aliphatic hydroxyl groups excluding tert-OH is 1. The Hall–Kier alpha value is -1.17. The van der Waals surface area contributed by atoms with Crippen LogP contribution in [0.15, 0.2) is 24.3 Å². The van der Waals surface area contributed by atoms with E-state index in [1.807, 2.05) is 31.2 Å². The van der Waals surface area contributed by atoms with E-state index in [0.717, 1.165) is 11.3 Å². The zero-order chi connectivity index (χ0) is 12.5. The molecule has 0 atom stereocenters. The predicted molar refractivity (Wildman–Crippen MR) is 73.3 cm³/mol. The van der Waals surface area contributed by atoms with Crippen LogP contribution in [0.2, 0.25) is 0 Å². The lowest BCUT2D eigenvalue weighted by Gasteiger charge is -2.12. The van der Waals surface area contributed by atoms with Crippen molar-refractivity contribution in [1.82, 2.24) is 5.32 Å². The molecule has 1 aromatic rings. The Morgan fingerprint density at radius 3 is 2.82 bits per heavy atom. The summed E-state index contributed by atoms with van der Waals surface area (Å²) in [5, 5.41) is 15.2. The summed E-state index contributed by atoms with van der Waals surface area (Å²) in [5.41, 5.74) is 2.15. The van der Waals surface area contributed by atoms with Crippen molar-refractivity contribution in [1.29, 1.82) is 0 Å². The SMILES string of the molecule is Cc1ccccc1NC(=S)NCCOCCO. The van der Waals surface area contributed by atoms with Gasteiger partial charge >= 0.3 is 0 Å². The fourth-order valence-corrected chi connectivity index (χ4v) is 1.50. The molecule has 0 saturated carbocycles. The minimum atomic E-state index is 0.0475. The van der Waals surface area contributed by atoms with Crippen molar-refractivity contribution in [3.05, 3.63) is 29.8 Å². The van der Waals surface area contributed by atoms with Crippen molar-refractivity contribution in [2.24, 2.45) is 0 Å². The van der Waals surface area contributed by atoms with Crippen LogP contribution >= 0.6 is 12.2 Å². The van der Waals surface area contributed by atoms with E-state index in [1.165, 1.54) is 0 Å². The predicted octanol–water partition coefficient (Wildman–Crippen LogP) is 1.29. The molecule has 0 radical (unpaired) electrons. The van der Waals surface area contributed by atoms with E-state index in [1.54, 1.807) is 0 Å². The number of thiocarbonyl (C=S) groups is 1. The molecule has 0 aliphatic rings. The second kappa shape index (κ2) is 8.00. The number of para-hydroxylation sites is 1.